The number of fused-ring (bicyclic) bond motifs is 1. The van der Waals surface area contributed by atoms with Gasteiger partial charge in [-0.05, 0) is 37.3 Å². The number of amides is 2. The van der Waals surface area contributed by atoms with Gasteiger partial charge in [-0.25, -0.2) is 9.50 Å². The molecule has 2 aromatic carbocycles. The summed E-state index contributed by atoms with van der Waals surface area (Å²) in [5, 5.41) is 9.88. The summed E-state index contributed by atoms with van der Waals surface area (Å²) >= 11 is 0. The molecule has 2 aromatic heterocycles. The fraction of sp³-hybridized carbons (Fsp3) is 0.0909. The van der Waals surface area contributed by atoms with Gasteiger partial charge in [0.1, 0.15) is 11.3 Å². The fourth-order valence-corrected chi connectivity index (χ4v) is 2.99. The maximum absolute atomic E-state index is 12.8. The molecule has 2 N–H and O–H groups in total. The molecule has 4 aromatic rings. The first-order valence-electron chi connectivity index (χ1n) is 9.29. The summed E-state index contributed by atoms with van der Waals surface area (Å²) in [5.41, 5.74) is 2.71. The van der Waals surface area contributed by atoms with Crippen molar-refractivity contribution in [2.24, 2.45) is 0 Å². The number of benzene rings is 2. The summed E-state index contributed by atoms with van der Waals surface area (Å²) in [7, 11) is 0. The molecule has 0 radical (unpaired) electrons. The second-order valence-electron chi connectivity index (χ2n) is 6.53. The molecule has 0 aliphatic rings. The van der Waals surface area contributed by atoms with Gasteiger partial charge in [0.05, 0.1) is 5.69 Å². The van der Waals surface area contributed by atoms with Crippen LogP contribution in [0.5, 0.6) is 5.75 Å². The topological polar surface area (TPSA) is 97.6 Å². The summed E-state index contributed by atoms with van der Waals surface area (Å²) in [6, 6.07) is 17.7. The molecule has 8 nitrogen and oxygen atoms in total. The number of aromatic nitrogens is 3. The third-order valence-corrected chi connectivity index (χ3v) is 4.32. The number of para-hydroxylation sites is 1. The molecule has 0 unspecified atom stereocenters. The van der Waals surface area contributed by atoms with E-state index in [0.717, 1.165) is 0 Å². The quantitative estimate of drug-likeness (QED) is 0.517. The van der Waals surface area contributed by atoms with Crippen molar-refractivity contribution >= 4 is 28.8 Å². The van der Waals surface area contributed by atoms with E-state index in [2.05, 4.69) is 20.7 Å². The largest absolute Gasteiger partial charge is 0.484 e. The summed E-state index contributed by atoms with van der Waals surface area (Å²) in [4.78, 5) is 29.1. The second kappa shape index (κ2) is 8.44. The van der Waals surface area contributed by atoms with Gasteiger partial charge in [-0.15, -0.1) is 0 Å². The summed E-state index contributed by atoms with van der Waals surface area (Å²) < 4.78 is 7.12. The van der Waals surface area contributed by atoms with Crippen LogP contribution in [0, 0.1) is 6.92 Å². The first-order chi connectivity index (χ1) is 14.6. The summed E-state index contributed by atoms with van der Waals surface area (Å²) in [6.45, 7) is 1.61. The van der Waals surface area contributed by atoms with Crippen molar-refractivity contribution in [3.8, 4) is 5.75 Å². The lowest BCUT2D eigenvalue weighted by Crippen LogP contribution is -2.20. The van der Waals surface area contributed by atoms with E-state index in [0.29, 0.717) is 34.0 Å². The maximum Gasteiger partial charge on any atom is 0.262 e. The van der Waals surface area contributed by atoms with Gasteiger partial charge in [-0.2, -0.15) is 5.10 Å². The SMILES string of the molecule is Cc1nn2cccnc2c1C(=O)Nc1cccc(OCC(=O)Nc2ccccc2)c1. The van der Waals surface area contributed by atoms with Crippen LogP contribution in [0.25, 0.3) is 5.65 Å². The smallest absolute Gasteiger partial charge is 0.262 e. The number of hydrogen-bond donors (Lipinski definition) is 2. The molecular weight excluding hydrogens is 382 g/mol. The van der Waals surface area contributed by atoms with Gasteiger partial charge < -0.3 is 15.4 Å². The number of rotatable bonds is 6. The zero-order valence-corrected chi connectivity index (χ0v) is 16.2. The minimum absolute atomic E-state index is 0.149. The first kappa shape index (κ1) is 19.1. The van der Waals surface area contributed by atoms with Crippen molar-refractivity contribution in [1.29, 1.82) is 0 Å². The van der Waals surface area contributed by atoms with Crippen molar-refractivity contribution in [2.45, 2.75) is 6.92 Å². The van der Waals surface area contributed by atoms with Crippen molar-refractivity contribution in [1.82, 2.24) is 14.6 Å². The van der Waals surface area contributed by atoms with Crippen LogP contribution in [0.4, 0.5) is 11.4 Å². The second-order valence-corrected chi connectivity index (χ2v) is 6.53. The minimum Gasteiger partial charge on any atom is -0.484 e. The zero-order chi connectivity index (χ0) is 20.9. The lowest BCUT2D eigenvalue weighted by Gasteiger charge is -2.10. The van der Waals surface area contributed by atoms with E-state index < -0.39 is 0 Å². The third-order valence-electron chi connectivity index (χ3n) is 4.32. The highest BCUT2D eigenvalue weighted by Gasteiger charge is 2.18. The highest BCUT2D eigenvalue weighted by molar-refractivity contribution is 6.09. The van der Waals surface area contributed by atoms with Crippen LogP contribution < -0.4 is 15.4 Å². The van der Waals surface area contributed by atoms with E-state index in [-0.39, 0.29) is 18.4 Å². The Morgan fingerprint density at radius 2 is 1.80 bits per heavy atom. The Balaban J connectivity index is 1.41. The Hall–Kier alpha value is -4.20. The van der Waals surface area contributed by atoms with E-state index in [4.69, 9.17) is 4.74 Å². The van der Waals surface area contributed by atoms with Crippen LogP contribution in [0.2, 0.25) is 0 Å². The van der Waals surface area contributed by atoms with Gasteiger partial charge in [-0.1, -0.05) is 24.3 Å². The van der Waals surface area contributed by atoms with Gasteiger partial charge >= 0.3 is 0 Å². The van der Waals surface area contributed by atoms with Gasteiger partial charge in [-0.3, -0.25) is 9.59 Å². The standard InChI is InChI=1S/C22H19N5O3/c1-15-20(21-23-11-6-12-27(21)26-15)22(29)25-17-9-5-10-18(13-17)30-14-19(28)24-16-7-3-2-4-8-16/h2-13H,14H2,1H3,(H,24,28)(H,25,29). The average molecular weight is 401 g/mol. The van der Waals surface area contributed by atoms with Crippen molar-refractivity contribution in [3.63, 3.8) is 0 Å². The molecule has 0 saturated heterocycles. The molecule has 0 bridgehead atoms. The van der Waals surface area contributed by atoms with E-state index in [1.165, 1.54) is 0 Å². The number of aryl methyl sites for hydroxylation is 1. The molecule has 2 heterocycles. The van der Waals surface area contributed by atoms with Crippen LogP contribution in [-0.2, 0) is 4.79 Å². The van der Waals surface area contributed by atoms with Crippen molar-refractivity contribution < 1.29 is 14.3 Å². The molecule has 4 rings (SSSR count). The fourth-order valence-electron chi connectivity index (χ4n) is 2.99. The molecular formula is C22H19N5O3. The Bertz CT molecular complexity index is 1200. The molecule has 0 fully saturated rings. The molecule has 2 amide bonds. The summed E-state index contributed by atoms with van der Waals surface area (Å²) in [6.07, 6.45) is 3.35. The zero-order valence-electron chi connectivity index (χ0n) is 16.2. The maximum atomic E-state index is 12.8. The molecule has 150 valence electrons. The van der Waals surface area contributed by atoms with Crippen LogP contribution in [0.1, 0.15) is 16.1 Å². The number of ether oxygens (including phenoxy) is 1. The van der Waals surface area contributed by atoms with Crippen molar-refractivity contribution in [3.05, 3.63) is 84.3 Å². The molecule has 0 aliphatic carbocycles. The molecule has 0 aliphatic heterocycles. The monoisotopic (exact) mass is 401 g/mol. The highest BCUT2D eigenvalue weighted by Crippen LogP contribution is 2.20. The van der Waals surface area contributed by atoms with Crippen LogP contribution in [-0.4, -0.2) is 33.0 Å². The van der Waals surface area contributed by atoms with Crippen LogP contribution in [0.15, 0.2) is 73.1 Å². The Kier molecular flexibility index (Phi) is 5.38. The molecule has 30 heavy (non-hydrogen) atoms. The molecule has 0 saturated carbocycles. The number of nitrogens with zero attached hydrogens (tertiary/aromatic N) is 3. The third kappa shape index (κ3) is 4.27. The number of carbonyl (C=O) groups is 2. The molecule has 0 spiro atoms. The molecule has 0 atom stereocenters. The number of anilines is 2. The highest BCUT2D eigenvalue weighted by atomic mass is 16.5. The predicted octanol–water partition coefficient (Wildman–Crippen LogP) is 3.31. The van der Waals surface area contributed by atoms with Gasteiger partial charge in [0.2, 0.25) is 0 Å². The van der Waals surface area contributed by atoms with Crippen LogP contribution in [0.3, 0.4) is 0 Å². The minimum atomic E-state index is -0.319. The van der Waals surface area contributed by atoms with E-state index in [1.54, 1.807) is 66.3 Å². The number of carbonyl (C=O) groups excluding carboxylic acids is 2. The number of hydrogen-bond acceptors (Lipinski definition) is 5. The lowest BCUT2D eigenvalue weighted by molar-refractivity contribution is -0.118. The van der Waals surface area contributed by atoms with E-state index in [1.807, 2.05) is 18.2 Å². The van der Waals surface area contributed by atoms with Gasteiger partial charge in [0.15, 0.2) is 12.3 Å². The van der Waals surface area contributed by atoms with E-state index in [9.17, 15) is 9.59 Å². The number of nitrogens with one attached hydrogen (secondary N) is 2. The van der Waals surface area contributed by atoms with Crippen LogP contribution >= 0.6 is 0 Å². The lowest BCUT2D eigenvalue weighted by atomic mass is 10.2. The molecule has 8 heteroatoms. The Labute approximate surface area is 172 Å². The first-order valence-corrected chi connectivity index (χ1v) is 9.29. The average Bonchev–Trinajstić information content (AvgIpc) is 3.09. The van der Waals surface area contributed by atoms with E-state index >= 15 is 0 Å². The van der Waals surface area contributed by atoms with Gasteiger partial charge in [0.25, 0.3) is 11.8 Å². The van der Waals surface area contributed by atoms with Crippen molar-refractivity contribution in [2.75, 3.05) is 17.2 Å². The van der Waals surface area contributed by atoms with Gasteiger partial charge in [0, 0.05) is 29.8 Å². The normalized spacial score (nSPS) is 10.6. The Morgan fingerprint density at radius 3 is 2.63 bits per heavy atom. The Morgan fingerprint density at radius 1 is 1.00 bits per heavy atom. The predicted molar refractivity (Wildman–Crippen MR) is 113 cm³/mol. The summed E-state index contributed by atoms with van der Waals surface area (Å²) in [5.74, 6) is -0.130.